The number of benzene rings is 2. The van der Waals surface area contributed by atoms with Crippen LogP contribution in [-0.4, -0.2) is 20.8 Å². The molecule has 0 heterocycles. The Labute approximate surface area is 108 Å². The molecule has 0 spiro atoms. The summed E-state index contributed by atoms with van der Waals surface area (Å²) < 4.78 is 0. The van der Waals surface area contributed by atoms with E-state index in [2.05, 4.69) is 5.32 Å². The molecular weight excluding hydrogens is 221 g/mol. The van der Waals surface area contributed by atoms with Gasteiger partial charge in [-0.05, 0) is 16.7 Å². The lowest BCUT2D eigenvalue weighted by atomic mass is 9.93. The Kier molecular flexibility index (Phi) is 3.83. The van der Waals surface area contributed by atoms with Gasteiger partial charge in [-0.2, -0.15) is 0 Å². The highest BCUT2D eigenvalue weighted by Gasteiger charge is 2.01. The van der Waals surface area contributed by atoms with Gasteiger partial charge in [0.15, 0.2) is 0 Å². The highest BCUT2D eigenvalue weighted by atomic mass is 16.1. The maximum absolute atomic E-state index is 11.2. The van der Waals surface area contributed by atoms with E-state index in [0.717, 1.165) is 22.2 Å². The lowest BCUT2D eigenvalue weighted by Crippen LogP contribution is -2.19. The van der Waals surface area contributed by atoms with Gasteiger partial charge < -0.3 is 5.32 Å². The Hall–Kier alpha value is -2.03. The fourth-order valence-electron chi connectivity index (χ4n) is 1.76. The van der Waals surface area contributed by atoms with Crippen LogP contribution in [0.2, 0.25) is 0 Å². The van der Waals surface area contributed by atoms with Crippen molar-refractivity contribution < 1.29 is 4.79 Å². The quantitative estimate of drug-likeness (QED) is 0.801. The van der Waals surface area contributed by atoms with Gasteiger partial charge in [0.1, 0.15) is 7.85 Å². The standard InChI is InChI=1S/C15H14BNO/c1-17-15(18)10-11-2-4-12(5-3-11)13-6-8-14(16)9-7-13/h2-9H,10H2,1H3,(H,17,18). The van der Waals surface area contributed by atoms with Gasteiger partial charge in [0.05, 0.1) is 6.42 Å². The SMILES string of the molecule is [B]c1ccc(-c2ccc(CC(=O)NC)cc2)cc1. The lowest BCUT2D eigenvalue weighted by Gasteiger charge is -2.05. The largest absolute Gasteiger partial charge is 0.359 e. The van der Waals surface area contributed by atoms with E-state index in [1.54, 1.807) is 7.05 Å². The van der Waals surface area contributed by atoms with Gasteiger partial charge in [-0.25, -0.2) is 0 Å². The third-order valence-corrected chi connectivity index (χ3v) is 2.84. The molecule has 1 N–H and O–H groups in total. The van der Waals surface area contributed by atoms with Gasteiger partial charge in [0, 0.05) is 7.05 Å². The Morgan fingerprint density at radius 2 is 1.50 bits per heavy atom. The maximum atomic E-state index is 11.2. The normalized spacial score (nSPS) is 10.1. The van der Waals surface area contributed by atoms with E-state index < -0.39 is 0 Å². The molecule has 88 valence electrons. The maximum Gasteiger partial charge on any atom is 0.224 e. The molecule has 0 unspecified atom stereocenters. The van der Waals surface area contributed by atoms with Crippen LogP contribution in [-0.2, 0) is 11.2 Å². The van der Waals surface area contributed by atoms with Gasteiger partial charge >= 0.3 is 0 Å². The van der Waals surface area contributed by atoms with Gasteiger partial charge in [-0.1, -0.05) is 54.0 Å². The first-order chi connectivity index (χ1) is 8.69. The van der Waals surface area contributed by atoms with Crippen LogP contribution in [0.3, 0.4) is 0 Å². The topological polar surface area (TPSA) is 29.1 Å². The van der Waals surface area contributed by atoms with Gasteiger partial charge in [0.25, 0.3) is 0 Å². The van der Waals surface area contributed by atoms with Crippen molar-refractivity contribution >= 4 is 19.2 Å². The zero-order valence-corrected chi connectivity index (χ0v) is 10.3. The fraction of sp³-hybridized carbons (Fsp3) is 0.133. The Morgan fingerprint density at radius 1 is 1.00 bits per heavy atom. The molecule has 2 radical (unpaired) electrons. The van der Waals surface area contributed by atoms with Crippen LogP contribution in [0.15, 0.2) is 48.5 Å². The fourth-order valence-corrected chi connectivity index (χ4v) is 1.76. The molecule has 0 bridgehead atoms. The Bertz CT molecular complexity index is 531. The third kappa shape index (κ3) is 3.01. The minimum absolute atomic E-state index is 0.0234. The number of carbonyl (C=O) groups is 1. The molecular formula is C15H14BNO. The van der Waals surface area contributed by atoms with Crippen molar-refractivity contribution in [2.45, 2.75) is 6.42 Å². The van der Waals surface area contributed by atoms with Crippen molar-refractivity contribution in [2.24, 2.45) is 0 Å². The van der Waals surface area contributed by atoms with Crippen LogP contribution in [0.4, 0.5) is 0 Å². The molecule has 0 saturated carbocycles. The van der Waals surface area contributed by atoms with Crippen molar-refractivity contribution in [1.82, 2.24) is 5.32 Å². The van der Waals surface area contributed by atoms with Crippen molar-refractivity contribution in [1.29, 1.82) is 0 Å². The summed E-state index contributed by atoms with van der Waals surface area (Å²) in [5, 5.41) is 2.61. The van der Waals surface area contributed by atoms with Crippen LogP contribution in [0.25, 0.3) is 11.1 Å². The summed E-state index contributed by atoms with van der Waals surface area (Å²) in [6, 6.07) is 15.7. The molecule has 0 aliphatic rings. The Morgan fingerprint density at radius 3 is 2.00 bits per heavy atom. The molecule has 2 aromatic rings. The molecule has 0 aromatic heterocycles. The number of likely N-dealkylation sites (N-methyl/N-ethyl adjacent to an activating group) is 1. The number of nitrogens with one attached hydrogen (secondary N) is 1. The zero-order chi connectivity index (χ0) is 13.0. The first-order valence-electron chi connectivity index (χ1n) is 5.84. The van der Waals surface area contributed by atoms with E-state index in [9.17, 15) is 4.79 Å². The van der Waals surface area contributed by atoms with Crippen LogP contribution < -0.4 is 10.8 Å². The number of carbonyl (C=O) groups excluding carboxylic acids is 1. The minimum Gasteiger partial charge on any atom is -0.359 e. The number of amides is 1. The molecule has 0 aliphatic carbocycles. The van der Waals surface area contributed by atoms with E-state index in [0.29, 0.717) is 6.42 Å². The van der Waals surface area contributed by atoms with Crippen LogP contribution in [0, 0.1) is 0 Å². The predicted octanol–water partition coefficient (Wildman–Crippen LogP) is 1.44. The molecule has 2 rings (SSSR count). The highest BCUT2D eigenvalue weighted by Crippen LogP contribution is 2.18. The number of rotatable bonds is 3. The van der Waals surface area contributed by atoms with E-state index in [1.165, 1.54) is 0 Å². The van der Waals surface area contributed by atoms with Crippen molar-refractivity contribution in [3.8, 4) is 11.1 Å². The molecule has 2 nitrogen and oxygen atoms in total. The average Bonchev–Trinajstić information content (AvgIpc) is 2.40. The lowest BCUT2D eigenvalue weighted by molar-refractivity contribution is -0.119. The van der Waals surface area contributed by atoms with E-state index in [-0.39, 0.29) is 5.91 Å². The van der Waals surface area contributed by atoms with Crippen molar-refractivity contribution in [3.05, 3.63) is 54.1 Å². The summed E-state index contributed by atoms with van der Waals surface area (Å²) in [6.07, 6.45) is 0.415. The third-order valence-electron chi connectivity index (χ3n) is 2.84. The number of hydrogen-bond acceptors (Lipinski definition) is 1. The molecule has 0 aliphatic heterocycles. The van der Waals surface area contributed by atoms with Gasteiger partial charge in [-0.15, -0.1) is 0 Å². The molecule has 3 heteroatoms. The smallest absolute Gasteiger partial charge is 0.224 e. The monoisotopic (exact) mass is 235 g/mol. The summed E-state index contributed by atoms with van der Waals surface area (Å²) in [7, 11) is 7.30. The Balaban J connectivity index is 2.17. The summed E-state index contributed by atoms with van der Waals surface area (Å²) in [4.78, 5) is 11.2. The first kappa shape index (κ1) is 12.4. The highest BCUT2D eigenvalue weighted by molar-refractivity contribution is 6.32. The van der Waals surface area contributed by atoms with Crippen LogP contribution >= 0.6 is 0 Å². The minimum atomic E-state index is 0.0234. The molecule has 0 atom stereocenters. The van der Waals surface area contributed by atoms with Gasteiger partial charge in [-0.3, -0.25) is 4.79 Å². The molecule has 1 amide bonds. The molecule has 2 aromatic carbocycles. The summed E-state index contributed by atoms with van der Waals surface area (Å²) in [5.41, 5.74) is 4.01. The second kappa shape index (κ2) is 5.54. The van der Waals surface area contributed by atoms with E-state index in [1.807, 2.05) is 48.5 Å². The van der Waals surface area contributed by atoms with Crippen molar-refractivity contribution in [3.63, 3.8) is 0 Å². The zero-order valence-electron chi connectivity index (χ0n) is 10.3. The van der Waals surface area contributed by atoms with Crippen LogP contribution in [0.1, 0.15) is 5.56 Å². The average molecular weight is 235 g/mol. The van der Waals surface area contributed by atoms with E-state index >= 15 is 0 Å². The predicted molar refractivity (Wildman–Crippen MR) is 75.0 cm³/mol. The second-order valence-corrected chi connectivity index (χ2v) is 4.17. The summed E-state index contributed by atoms with van der Waals surface area (Å²) >= 11 is 0. The summed E-state index contributed by atoms with van der Waals surface area (Å²) in [5.74, 6) is 0.0234. The number of hydrogen-bond donors (Lipinski definition) is 1. The first-order valence-corrected chi connectivity index (χ1v) is 5.84. The molecule has 0 saturated heterocycles. The second-order valence-electron chi connectivity index (χ2n) is 4.17. The van der Waals surface area contributed by atoms with E-state index in [4.69, 9.17) is 7.85 Å². The van der Waals surface area contributed by atoms with Gasteiger partial charge in [0.2, 0.25) is 5.91 Å². The van der Waals surface area contributed by atoms with Crippen molar-refractivity contribution in [2.75, 3.05) is 7.05 Å². The molecule has 0 fully saturated rings. The van der Waals surface area contributed by atoms with Crippen LogP contribution in [0.5, 0.6) is 0 Å². The molecule has 18 heavy (non-hydrogen) atoms. The summed E-state index contributed by atoms with van der Waals surface area (Å²) in [6.45, 7) is 0.